The van der Waals surface area contributed by atoms with Gasteiger partial charge in [-0.15, -0.1) is 0 Å². The Hall–Kier alpha value is -1.38. The van der Waals surface area contributed by atoms with Crippen molar-refractivity contribution in [2.75, 3.05) is 0 Å². The lowest BCUT2D eigenvalue weighted by molar-refractivity contribution is 0.0690. The molecule has 0 saturated carbocycles. The number of aromatic carboxylic acids is 1. The molecule has 0 unspecified atom stereocenters. The first kappa shape index (κ1) is 11.6. The smallest absolute Gasteiger partial charge is 0.354 e. The molecule has 0 aliphatic rings. The van der Waals surface area contributed by atoms with Crippen LogP contribution in [0.5, 0.6) is 0 Å². The van der Waals surface area contributed by atoms with Crippen molar-refractivity contribution in [3.05, 3.63) is 29.6 Å². The lowest BCUT2D eigenvalue weighted by Crippen LogP contribution is -1.99. The summed E-state index contributed by atoms with van der Waals surface area (Å²) in [5, 5.41) is 8.45. The number of carbonyl (C=O) groups is 1. The molecule has 1 aromatic rings. The molecule has 1 N–H and O–H groups in total. The molecule has 0 aromatic carbocycles. The van der Waals surface area contributed by atoms with Crippen LogP contribution in [0.4, 0.5) is 0 Å². The first-order valence-electron chi connectivity index (χ1n) is 4.28. The van der Waals surface area contributed by atoms with E-state index in [0.29, 0.717) is 0 Å². The Morgan fingerprint density at radius 2 is 2.00 bits per heavy atom. The van der Waals surface area contributed by atoms with Crippen LogP contribution in [0.1, 0.15) is 36.5 Å². The average Bonchev–Trinajstić information content (AvgIpc) is 2.05. The van der Waals surface area contributed by atoms with E-state index in [9.17, 15) is 4.79 Å². The first-order chi connectivity index (χ1) is 6.11. The van der Waals surface area contributed by atoms with E-state index >= 15 is 0 Å². The fourth-order valence-corrected chi connectivity index (χ4v) is 0.662. The molecule has 72 valence electrons. The summed E-state index contributed by atoms with van der Waals surface area (Å²) in [6.45, 7) is 6.01. The van der Waals surface area contributed by atoms with Crippen LogP contribution < -0.4 is 0 Å². The van der Waals surface area contributed by atoms with Crippen molar-refractivity contribution in [2.24, 2.45) is 0 Å². The van der Waals surface area contributed by atoms with Gasteiger partial charge in [-0.1, -0.05) is 26.3 Å². The Bertz CT molecular complexity index is 271. The molecule has 0 fully saturated rings. The summed E-state index contributed by atoms with van der Waals surface area (Å²) in [7, 11) is 0. The molecule has 0 aliphatic carbocycles. The van der Waals surface area contributed by atoms with Crippen molar-refractivity contribution in [1.29, 1.82) is 0 Å². The summed E-state index contributed by atoms with van der Waals surface area (Å²) in [5.41, 5.74) is 0.819. The Morgan fingerprint density at radius 3 is 2.31 bits per heavy atom. The van der Waals surface area contributed by atoms with Gasteiger partial charge in [0.2, 0.25) is 0 Å². The van der Waals surface area contributed by atoms with Gasteiger partial charge in [0.15, 0.2) is 0 Å². The molecule has 0 spiro atoms. The maximum Gasteiger partial charge on any atom is 0.354 e. The normalized spacial score (nSPS) is 8.54. The molecule has 0 bridgehead atoms. The maximum absolute atomic E-state index is 10.3. The van der Waals surface area contributed by atoms with Gasteiger partial charge in [0.05, 0.1) is 0 Å². The summed E-state index contributed by atoms with van der Waals surface area (Å²) >= 11 is 0. The number of aryl methyl sites for hydroxylation is 1. The molecule has 0 aliphatic heterocycles. The second-order valence-corrected chi connectivity index (χ2v) is 2.68. The van der Waals surface area contributed by atoms with Gasteiger partial charge in [-0.2, -0.15) is 0 Å². The molecule has 1 rings (SSSR count). The number of nitrogens with zero attached hydrogens (tertiary/aromatic N) is 1. The van der Waals surface area contributed by atoms with Crippen molar-refractivity contribution < 1.29 is 9.90 Å². The van der Waals surface area contributed by atoms with Crippen molar-refractivity contribution >= 4 is 5.97 Å². The average molecular weight is 181 g/mol. The molecule has 0 saturated heterocycles. The fraction of sp³-hybridized carbons (Fsp3) is 0.400. The van der Waals surface area contributed by atoms with E-state index in [0.717, 1.165) is 5.69 Å². The van der Waals surface area contributed by atoms with Crippen molar-refractivity contribution in [2.45, 2.75) is 27.2 Å². The topological polar surface area (TPSA) is 50.2 Å². The highest BCUT2D eigenvalue weighted by Gasteiger charge is 2.01. The Balaban J connectivity index is 0.000000424. The predicted octanol–water partition coefficient (Wildman–Crippen LogP) is 2.50. The summed E-state index contributed by atoms with van der Waals surface area (Å²) in [6.07, 6.45) is 1.25. The second kappa shape index (κ2) is 6.17. The Morgan fingerprint density at radius 1 is 1.46 bits per heavy atom. The van der Waals surface area contributed by atoms with Gasteiger partial charge in [0.1, 0.15) is 5.69 Å². The standard InChI is InChI=1S/C7H7NO2.C3H8/c1-5-3-2-4-6(8-5)7(9)10;1-3-2/h2-4H,1H3,(H,9,10);3H2,1-2H3. The summed E-state index contributed by atoms with van der Waals surface area (Å²) < 4.78 is 0. The maximum atomic E-state index is 10.3. The van der Waals surface area contributed by atoms with E-state index in [1.54, 1.807) is 19.1 Å². The zero-order valence-electron chi connectivity index (χ0n) is 8.24. The molecular formula is C10H15NO2. The van der Waals surface area contributed by atoms with E-state index < -0.39 is 5.97 Å². The van der Waals surface area contributed by atoms with Gasteiger partial charge in [-0.3, -0.25) is 0 Å². The van der Waals surface area contributed by atoms with Crippen LogP contribution in [-0.4, -0.2) is 16.1 Å². The summed E-state index contributed by atoms with van der Waals surface area (Å²) in [4.78, 5) is 14.1. The molecule has 1 heterocycles. The quantitative estimate of drug-likeness (QED) is 0.724. The van der Waals surface area contributed by atoms with Crippen LogP contribution >= 0.6 is 0 Å². The van der Waals surface area contributed by atoms with Crippen molar-refractivity contribution in [3.8, 4) is 0 Å². The number of hydrogen-bond donors (Lipinski definition) is 1. The first-order valence-corrected chi connectivity index (χ1v) is 4.28. The zero-order chi connectivity index (χ0) is 10.3. The number of hydrogen-bond acceptors (Lipinski definition) is 2. The van der Waals surface area contributed by atoms with Gasteiger partial charge in [-0.25, -0.2) is 9.78 Å². The lowest BCUT2D eigenvalue weighted by Gasteiger charge is -1.92. The molecular weight excluding hydrogens is 166 g/mol. The number of aromatic nitrogens is 1. The summed E-state index contributed by atoms with van der Waals surface area (Å²) in [5.74, 6) is -0.983. The minimum absolute atomic E-state index is 0.0972. The number of carboxylic acid groups (broad SMARTS) is 1. The highest BCUT2D eigenvalue weighted by Crippen LogP contribution is 1.96. The molecule has 0 radical (unpaired) electrons. The number of carboxylic acids is 1. The van der Waals surface area contributed by atoms with Gasteiger partial charge < -0.3 is 5.11 Å². The lowest BCUT2D eigenvalue weighted by atomic mass is 10.3. The SMILES string of the molecule is CCC.Cc1cccc(C(=O)O)n1. The minimum Gasteiger partial charge on any atom is -0.477 e. The van der Waals surface area contributed by atoms with E-state index in [1.807, 2.05) is 0 Å². The molecule has 0 atom stereocenters. The van der Waals surface area contributed by atoms with Gasteiger partial charge in [-0.05, 0) is 19.1 Å². The second-order valence-electron chi connectivity index (χ2n) is 2.68. The van der Waals surface area contributed by atoms with Crippen LogP contribution in [0.2, 0.25) is 0 Å². The summed E-state index contributed by atoms with van der Waals surface area (Å²) in [6, 6.07) is 4.90. The number of rotatable bonds is 1. The minimum atomic E-state index is -0.983. The number of pyridine rings is 1. The molecule has 1 aromatic heterocycles. The Kier molecular flexibility index (Phi) is 5.52. The van der Waals surface area contributed by atoms with Crippen molar-refractivity contribution in [1.82, 2.24) is 4.98 Å². The molecule has 0 amide bonds. The highest BCUT2D eigenvalue weighted by molar-refractivity contribution is 5.85. The largest absolute Gasteiger partial charge is 0.477 e. The van der Waals surface area contributed by atoms with Crippen molar-refractivity contribution in [3.63, 3.8) is 0 Å². The highest BCUT2D eigenvalue weighted by atomic mass is 16.4. The zero-order valence-corrected chi connectivity index (χ0v) is 8.24. The monoisotopic (exact) mass is 181 g/mol. The molecule has 3 heteroatoms. The van der Waals surface area contributed by atoms with E-state index in [1.165, 1.54) is 12.5 Å². The van der Waals surface area contributed by atoms with Crippen LogP contribution in [0.25, 0.3) is 0 Å². The third-order valence-electron chi connectivity index (χ3n) is 1.11. The van der Waals surface area contributed by atoms with Gasteiger partial charge in [0, 0.05) is 5.69 Å². The predicted molar refractivity (Wildman–Crippen MR) is 51.9 cm³/mol. The molecule has 3 nitrogen and oxygen atoms in total. The fourth-order valence-electron chi connectivity index (χ4n) is 0.662. The van der Waals surface area contributed by atoms with Crippen LogP contribution in [0.3, 0.4) is 0 Å². The van der Waals surface area contributed by atoms with E-state index in [2.05, 4.69) is 18.8 Å². The Labute approximate surface area is 78.4 Å². The van der Waals surface area contributed by atoms with Gasteiger partial charge in [0.25, 0.3) is 0 Å². The van der Waals surface area contributed by atoms with E-state index in [4.69, 9.17) is 5.11 Å². The van der Waals surface area contributed by atoms with Gasteiger partial charge >= 0.3 is 5.97 Å². The van der Waals surface area contributed by atoms with Crippen LogP contribution in [0, 0.1) is 6.92 Å². The van der Waals surface area contributed by atoms with Crippen LogP contribution in [-0.2, 0) is 0 Å². The third kappa shape index (κ3) is 4.95. The van der Waals surface area contributed by atoms with E-state index in [-0.39, 0.29) is 5.69 Å². The van der Waals surface area contributed by atoms with Crippen LogP contribution in [0.15, 0.2) is 18.2 Å². The molecule has 13 heavy (non-hydrogen) atoms. The third-order valence-corrected chi connectivity index (χ3v) is 1.11.